The van der Waals surface area contributed by atoms with E-state index in [9.17, 15) is 4.79 Å². The standard InChI is InChI=1S/C24H15BrN2O/c25-19-11-10-17-22-16(19)7-4-8-18(22)24(28)27-21-13-15(14-5-2-1-3-6-14)9-12-20(21)26-23(17)27/h1-13,23,26H. The molecule has 4 aromatic rings. The summed E-state index contributed by atoms with van der Waals surface area (Å²) in [5.41, 5.74) is 6.05. The first kappa shape index (κ1) is 15.9. The topological polar surface area (TPSA) is 32.3 Å². The van der Waals surface area contributed by atoms with Gasteiger partial charge >= 0.3 is 0 Å². The van der Waals surface area contributed by atoms with Gasteiger partial charge in [0.1, 0.15) is 6.17 Å². The third-order valence-electron chi connectivity index (χ3n) is 5.68. The van der Waals surface area contributed by atoms with E-state index >= 15 is 0 Å². The van der Waals surface area contributed by atoms with Gasteiger partial charge in [-0.05, 0) is 40.8 Å². The van der Waals surface area contributed by atoms with E-state index in [1.807, 2.05) is 35.2 Å². The van der Waals surface area contributed by atoms with E-state index in [4.69, 9.17) is 0 Å². The van der Waals surface area contributed by atoms with Crippen LogP contribution in [0.2, 0.25) is 0 Å². The van der Waals surface area contributed by atoms with Gasteiger partial charge in [-0.1, -0.05) is 70.5 Å². The van der Waals surface area contributed by atoms with Crippen molar-refractivity contribution in [2.24, 2.45) is 0 Å². The summed E-state index contributed by atoms with van der Waals surface area (Å²) >= 11 is 3.63. The Morgan fingerprint density at radius 3 is 2.57 bits per heavy atom. The lowest BCUT2D eigenvalue weighted by molar-refractivity contribution is 0.0980. The van der Waals surface area contributed by atoms with Crippen molar-refractivity contribution in [3.63, 3.8) is 0 Å². The molecule has 2 aliphatic rings. The number of benzene rings is 4. The molecule has 0 bridgehead atoms. The Hall–Kier alpha value is -3.11. The zero-order chi connectivity index (χ0) is 18.8. The van der Waals surface area contributed by atoms with Crippen LogP contribution < -0.4 is 10.2 Å². The maximum absolute atomic E-state index is 13.5. The van der Waals surface area contributed by atoms with Gasteiger partial charge in [-0.25, -0.2) is 0 Å². The summed E-state index contributed by atoms with van der Waals surface area (Å²) in [5, 5.41) is 5.66. The van der Waals surface area contributed by atoms with Gasteiger partial charge in [0.25, 0.3) is 5.91 Å². The zero-order valence-electron chi connectivity index (χ0n) is 14.8. The lowest BCUT2D eigenvalue weighted by Crippen LogP contribution is -2.37. The Balaban J connectivity index is 1.56. The molecule has 4 heteroatoms. The molecule has 0 saturated carbocycles. The van der Waals surface area contributed by atoms with Gasteiger partial charge in [0.2, 0.25) is 0 Å². The minimum atomic E-state index is -0.181. The van der Waals surface area contributed by atoms with E-state index in [0.717, 1.165) is 48.9 Å². The van der Waals surface area contributed by atoms with Gasteiger partial charge in [-0.2, -0.15) is 0 Å². The number of hydrogen-bond donors (Lipinski definition) is 1. The Morgan fingerprint density at radius 2 is 1.71 bits per heavy atom. The number of rotatable bonds is 1. The third-order valence-corrected chi connectivity index (χ3v) is 6.37. The highest BCUT2D eigenvalue weighted by Crippen LogP contribution is 2.49. The predicted molar refractivity (Wildman–Crippen MR) is 117 cm³/mol. The highest BCUT2D eigenvalue weighted by Gasteiger charge is 2.40. The van der Waals surface area contributed by atoms with Crippen molar-refractivity contribution < 1.29 is 4.79 Å². The highest BCUT2D eigenvalue weighted by atomic mass is 79.9. The molecule has 1 N–H and O–H groups in total. The number of amides is 1. The van der Waals surface area contributed by atoms with Gasteiger partial charge in [0.15, 0.2) is 0 Å². The Kier molecular flexibility index (Phi) is 3.23. The van der Waals surface area contributed by atoms with Crippen molar-refractivity contribution in [1.29, 1.82) is 0 Å². The number of hydrogen-bond acceptors (Lipinski definition) is 2. The molecule has 2 aliphatic heterocycles. The molecule has 1 amide bonds. The van der Waals surface area contributed by atoms with Gasteiger partial charge in [0.05, 0.1) is 11.4 Å². The SMILES string of the molecule is O=C1c2cccc3c(Br)ccc(c23)C2Nc3ccc(-c4ccccc4)cc3N12. The number of fused-ring (bicyclic) bond motifs is 4. The van der Waals surface area contributed by atoms with Gasteiger partial charge in [-0.3, -0.25) is 9.69 Å². The largest absolute Gasteiger partial charge is 0.359 e. The van der Waals surface area contributed by atoms with Crippen molar-refractivity contribution in [2.75, 3.05) is 10.2 Å². The summed E-state index contributed by atoms with van der Waals surface area (Å²) in [4.78, 5) is 15.4. The summed E-state index contributed by atoms with van der Waals surface area (Å²) in [6, 6.07) is 26.7. The van der Waals surface area contributed by atoms with Crippen LogP contribution in [0.3, 0.4) is 0 Å². The maximum Gasteiger partial charge on any atom is 0.260 e. The van der Waals surface area contributed by atoms with Gasteiger partial charge in [-0.15, -0.1) is 0 Å². The summed E-state index contributed by atoms with van der Waals surface area (Å²) in [6.07, 6.45) is -0.181. The molecule has 0 radical (unpaired) electrons. The summed E-state index contributed by atoms with van der Waals surface area (Å²) in [5.74, 6) is 0.0395. The lowest BCUT2D eigenvalue weighted by Gasteiger charge is -2.32. The smallest absolute Gasteiger partial charge is 0.260 e. The lowest BCUT2D eigenvalue weighted by atomic mass is 9.93. The van der Waals surface area contributed by atoms with Crippen molar-refractivity contribution in [3.8, 4) is 11.1 Å². The van der Waals surface area contributed by atoms with Crippen LogP contribution in [-0.4, -0.2) is 5.91 Å². The van der Waals surface area contributed by atoms with Crippen LogP contribution in [0.15, 0.2) is 83.3 Å². The third kappa shape index (κ3) is 2.06. The predicted octanol–water partition coefficient (Wildman–Crippen LogP) is 6.35. The molecule has 0 aromatic heterocycles. The number of nitrogens with one attached hydrogen (secondary N) is 1. The molecule has 0 fully saturated rings. The van der Waals surface area contributed by atoms with Crippen LogP contribution in [0.25, 0.3) is 21.9 Å². The van der Waals surface area contributed by atoms with E-state index in [2.05, 4.69) is 69.8 Å². The van der Waals surface area contributed by atoms with Crippen LogP contribution in [0.5, 0.6) is 0 Å². The second-order valence-electron chi connectivity index (χ2n) is 7.18. The first-order valence-corrected chi connectivity index (χ1v) is 10.0. The number of carbonyl (C=O) groups is 1. The molecule has 0 spiro atoms. The number of halogens is 1. The second-order valence-corrected chi connectivity index (χ2v) is 8.04. The average Bonchev–Trinajstić information content (AvgIpc) is 3.12. The fourth-order valence-electron chi connectivity index (χ4n) is 4.39. The fraction of sp³-hybridized carbons (Fsp3) is 0.0417. The van der Waals surface area contributed by atoms with Crippen molar-refractivity contribution in [2.45, 2.75) is 6.17 Å². The van der Waals surface area contributed by atoms with E-state index < -0.39 is 0 Å². The summed E-state index contributed by atoms with van der Waals surface area (Å²) in [7, 11) is 0. The summed E-state index contributed by atoms with van der Waals surface area (Å²) < 4.78 is 1.01. The molecule has 3 nitrogen and oxygen atoms in total. The zero-order valence-corrected chi connectivity index (χ0v) is 16.4. The second kappa shape index (κ2) is 5.69. The highest BCUT2D eigenvalue weighted by molar-refractivity contribution is 9.10. The van der Waals surface area contributed by atoms with E-state index in [-0.39, 0.29) is 12.1 Å². The molecule has 2 heterocycles. The van der Waals surface area contributed by atoms with Crippen LogP contribution in [0, 0.1) is 0 Å². The molecule has 1 unspecified atom stereocenters. The number of anilines is 2. The normalized spacial score (nSPS) is 16.7. The molecule has 0 aliphatic carbocycles. The Labute approximate surface area is 170 Å². The van der Waals surface area contributed by atoms with E-state index in [1.165, 1.54) is 0 Å². The Bertz CT molecular complexity index is 1280. The minimum Gasteiger partial charge on any atom is -0.359 e. The minimum absolute atomic E-state index is 0.0395. The molecule has 134 valence electrons. The Morgan fingerprint density at radius 1 is 0.857 bits per heavy atom. The molecule has 4 aromatic carbocycles. The molecular formula is C24H15BrN2O. The van der Waals surface area contributed by atoms with Crippen LogP contribution in [0.4, 0.5) is 11.4 Å². The van der Waals surface area contributed by atoms with Gasteiger partial charge < -0.3 is 5.32 Å². The molecular weight excluding hydrogens is 412 g/mol. The maximum atomic E-state index is 13.5. The quantitative estimate of drug-likeness (QED) is 0.384. The van der Waals surface area contributed by atoms with Crippen molar-refractivity contribution in [3.05, 3.63) is 94.5 Å². The van der Waals surface area contributed by atoms with Crippen molar-refractivity contribution in [1.82, 2.24) is 0 Å². The monoisotopic (exact) mass is 426 g/mol. The molecule has 1 atom stereocenters. The van der Waals surface area contributed by atoms with Crippen molar-refractivity contribution >= 4 is 44.0 Å². The average molecular weight is 427 g/mol. The molecule has 6 rings (SSSR count). The first-order chi connectivity index (χ1) is 13.7. The first-order valence-electron chi connectivity index (χ1n) is 9.23. The number of carbonyl (C=O) groups excluding carboxylic acids is 1. The molecule has 0 saturated heterocycles. The van der Waals surface area contributed by atoms with E-state index in [0.29, 0.717) is 0 Å². The fourth-order valence-corrected chi connectivity index (χ4v) is 4.85. The van der Waals surface area contributed by atoms with Crippen LogP contribution >= 0.6 is 15.9 Å². The number of nitrogens with zero attached hydrogens (tertiary/aromatic N) is 1. The summed E-state index contributed by atoms with van der Waals surface area (Å²) in [6.45, 7) is 0. The molecule has 28 heavy (non-hydrogen) atoms. The van der Waals surface area contributed by atoms with Gasteiger partial charge in [0, 0.05) is 21.0 Å². The van der Waals surface area contributed by atoms with Crippen LogP contribution in [-0.2, 0) is 0 Å². The van der Waals surface area contributed by atoms with E-state index in [1.54, 1.807) is 0 Å². The van der Waals surface area contributed by atoms with Crippen LogP contribution in [0.1, 0.15) is 22.1 Å².